The molecule has 0 saturated carbocycles. The number of nitriles is 1. The highest BCUT2D eigenvalue weighted by atomic mass is 16.2. The minimum absolute atomic E-state index is 0.295. The maximum atomic E-state index is 11.5. The minimum atomic E-state index is -0.315. The fraction of sp³-hybridized carbons (Fsp3) is 0.364. The molecule has 0 unspecified atom stereocenters. The van der Waals surface area contributed by atoms with Gasteiger partial charge in [0.1, 0.15) is 11.9 Å². The molecule has 0 saturated heterocycles. The molecule has 2 N–H and O–H groups in total. The van der Waals surface area contributed by atoms with Gasteiger partial charge in [0, 0.05) is 11.7 Å². The quantitative estimate of drug-likeness (QED) is 0.755. The summed E-state index contributed by atoms with van der Waals surface area (Å²) in [7, 11) is 0. The van der Waals surface area contributed by atoms with Crippen molar-refractivity contribution in [3.05, 3.63) is 23.9 Å². The van der Waals surface area contributed by atoms with Gasteiger partial charge in [0.25, 0.3) is 0 Å². The van der Waals surface area contributed by atoms with Crippen LogP contribution in [0.5, 0.6) is 0 Å². The van der Waals surface area contributed by atoms with E-state index in [-0.39, 0.29) is 11.6 Å². The Kier molecular flexibility index (Phi) is 3.46. The van der Waals surface area contributed by atoms with Crippen LogP contribution < -0.4 is 10.6 Å². The lowest BCUT2D eigenvalue weighted by molar-refractivity contribution is 0.243. The molecule has 84 valence electrons. The molecule has 16 heavy (non-hydrogen) atoms. The van der Waals surface area contributed by atoms with Crippen molar-refractivity contribution in [2.45, 2.75) is 26.3 Å². The normalized spacial score (nSPS) is 10.4. The summed E-state index contributed by atoms with van der Waals surface area (Å²) in [6, 6.07) is 4.82. The maximum absolute atomic E-state index is 11.5. The van der Waals surface area contributed by atoms with E-state index in [1.54, 1.807) is 12.1 Å². The molecule has 1 aromatic rings. The molecule has 0 aliphatic rings. The van der Waals surface area contributed by atoms with Gasteiger partial charge in [-0.05, 0) is 32.9 Å². The van der Waals surface area contributed by atoms with E-state index in [1.165, 1.54) is 6.20 Å². The van der Waals surface area contributed by atoms with Crippen LogP contribution in [0.4, 0.5) is 10.6 Å². The largest absolute Gasteiger partial charge is 0.333 e. The summed E-state index contributed by atoms with van der Waals surface area (Å²) in [6.07, 6.45) is 1.41. The summed E-state index contributed by atoms with van der Waals surface area (Å²) in [6.45, 7) is 5.66. The number of nitrogens with zero attached hydrogens (tertiary/aromatic N) is 2. The molecule has 5 heteroatoms. The second-order valence-electron chi connectivity index (χ2n) is 4.37. The maximum Gasteiger partial charge on any atom is 0.320 e. The van der Waals surface area contributed by atoms with Crippen LogP contribution in [0.25, 0.3) is 0 Å². The van der Waals surface area contributed by atoms with Gasteiger partial charge in [0.05, 0.1) is 5.56 Å². The van der Waals surface area contributed by atoms with Gasteiger partial charge in [-0.2, -0.15) is 5.26 Å². The van der Waals surface area contributed by atoms with Crippen LogP contribution in [0.1, 0.15) is 26.3 Å². The molecular formula is C11H14N4O. The summed E-state index contributed by atoms with van der Waals surface area (Å²) in [5.41, 5.74) is 0.165. The molecule has 0 aromatic carbocycles. The number of amides is 2. The zero-order valence-corrected chi connectivity index (χ0v) is 9.53. The van der Waals surface area contributed by atoms with Crippen LogP contribution in [0.15, 0.2) is 18.3 Å². The third-order valence-corrected chi connectivity index (χ3v) is 1.62. The van der Waals surface area contributed by atoms with E-state index in [4.69, 9.17) is 5.26 Å². The predicted octanol–water partition coefficient (Wildman–Crippen LogP) is 1.87. The number of nitrogens with one attached hydrogen (secondary N) is 2. The van der Waals surface area contributed by atoms with Gasteiger partial charge in [0.2, 0.25) is 0 Å². The van der Waals surface area contributed by atoms with E-state index in [2.05, 4.69) is 15.6 Å². The molecule has 1 heterocycles. The van der Waals surface area contributed by atoms with Crippen molar-refractivity contribution in [2.75, 3.05) is 5.32 Å². The molecule has 1 rings (SSSR count). The highest BCUT2D eigenvalue weighted by Crippen LogP contribution is 2.05. The van der Waals surface area contributed by atoms with Crippen molar-refractivity contribution >= 4 is 11.8 Å². The van der Waals surface area contributed by atoms with E-state index in [0.717, 1.165) is 0 Å². The second kappa shape index (κ2) is 4.62. The number of carbonyl (C=O) groups is 1. The van der Waals surface area contributed by atoms with E-state index in [1.807, 2.05) is 26.8 Å². The van der Waals surface area contributed by atoms with Gasteiger partial charge in [0.15, 0.2) is 0 Å². The Bertz CT molecular complexity index is 411. The fourth-order valence-electron chi connectivity index (χ4n) is 1.02. The average Bonchev–Trinajstić information content (AvgIpc) is 2.16. The Labute approximate surface area is 94.5 Å². The monoisotopic (exact) mass is 218 g/mol. The summed E-state index contributed by atoms with van der Waals surface area (Å²) < 4.78 is 0. The van der Waals surface area contributed by atoms with Gasteiger partial charge in [-0.1, -0.05) is 0 Å². The SMILES string of the molecule is CC(C)(C)NC(=O)Nc1ccc(C#N)cn1. The van der Waals surface area contributed by atoms with Crippen molar-refractivity contribution < 1.29 is 4.79 Å². The number of hydrogen-bond donors (Lipinski definition) is 2. The number of hydrogen-bond acceptors (Lipinski definition) is 3. The van der Waals surface area contributed by atoms with Crippen molar-refractivity contribution in [3.63, 3.8) is 0 Å². The molecule has 0 bridgehead atoms. The molecule has 1 aromatic heterocycles. The molecule has 0 atom stereocenters. The molecule has 0 fully saturated rings. The first-order valence-electron chi connectivity index (χ1n) is 4.86. The molecule has 5 nitrogen and oxygen atoms in total. The Hall–Kier alpha value is -2.09. The van der Waals surface area contributed by atoms with Gasteiger partial charge >= 0.3 is 6.03 Å². The second-order valence-corrected chi connectivity index (χ2v) is 4.37. The van der Waals surface area contributed by atoms with Gasteiger partial charge in [-0.3, -0.25) is 5.32 Å². The van der Waals surface area contributed by atoms with Crippen LogP contribution in [0.2, 0.25) is 0 Å². The highest BCUT2D eigenvalue weighted by Gasteiger charge is 2.13. The predicted molar refractivity (Wildman–Crippen MR) is 60.9 cm³/mol. The van der Waals surface area contributed by atoms with Crippen molar-refractivity contribution in [1.82, 2.24) is 10.3 Å². The van der Waals surface area contributed by atoms with Crippen molar-refractivity contribution in [1.29, 1.82) is 5.26 Å². The molecular weight excluding hydrogens is 204 g/mol. The van der Waals surface area contributed by atoms with Gasteiger partial charge in [-0.25, -0.2) is 9.78 Å². The Balaban J connectivity index is 2.61. The van der Waals surface area contributed by atoms with Crippen LogP contribution in [-0.4, -0.2) is 16.6 Å². The average molecular weight is 218 g/mol. The molecule has 0 spiro atoms. The van der Waals surface area contributed by atoms with E-state index >= 15 is 0 Å². The van der Waals surface area contributed by atoms with E-state index in [9.17, 15) is 4.79 Å². The van der Waals surface area contributed by atoms with E-state index < -0.39 is 0 Å². The smallest absolute Gasteiger partial charge is 0.320 e. The number of pyridine rings is 1. The Morgan fingerprint density at radius 1 is 1.44 bits per heavy atom. The Morgan fingerprint density at radius 2 is 2.12 bits per heavy atom. The topological polar surface area (TPSA) is 77.8 Å². The van der Waals surface area contributed by atoms with E-state index in [0.29, 0.717) is 11.4 Å². The molecule has 0 radical (unpaired) electrons. The number of anilines is 1. The molecule has 2 amide bonds. The van der Waals surface area contributed by atoms with Crippen molar-refractivity contribution in [3.8, 4) is 6.07 Å². The highest BCUT2D eigenvalue weighted by molar-refractivity contribution is 5.88. The first-order chi connectivity index (χ1) is 7.40. The number of rotatable bonds is 1. The zero-order valence-electron chi connectivity index (χ0n) is 9.53. The molecule has 0 aliphatic carbocycles. The third kappa shape index (κ3) is 3.96. The standard InChI is InChI=1S/C11H14N4O/c1-11(2,3)15-10(16)14-9-5-4-8(6-12)7-13-9/h4-5,7H,1-3H3,(H2,13,14,15,16). The summed E-state index contributed by atoms with van der Waals surface area (Å²) in [5.74, 6) is 0.417. The minimum Gasteiger partial charge on any atom is -0.333 e. The lowest BCUT2D eigenvalue weighted by Crippen LogP contribution is -2.43. The zero-order chi connectivity index (χ0) is 12.2. The summed E-state index contributed by atoms with van der Waals surface area (Å²) >= 11 is 0. The summed E-state index contributed by atoms with van der Waals surface area (Å²) in [5, 5.41) is 13.9. The number of aromatic nitrogens is 1. The van der Waals surface area contributed by atoms with Crippen LogP contribution in [0, 0.1) is 11.3 Å². The van der Waals surface area contributed by atoms with Gasteiger partial charge in [-0.15, -0.1) is 0 Å². The van der Waals surface area contributed by atoms with Gasteiger partial charge < -0.3 is 5.32 Å². The Morgan fingerprint density at radius 3 is 2.56 bits per heavy atom. The first-order valence-corrected chi connectivity index (χ1v) is 4.86. The van der Waals surface area contributed by atoms with Crippen molar-refractivity contribution in [2.24, 2.45) is 0 Å². The number of urea groups is 1. The lowest BCUT2D eigenvalue weighted by Gasteiger charge is -2.20. The number of carbonyl (C=O) groups excluding carboxylic acids is 1. The third-order valence-electron chi connectivity index (χ3n) is 1.62. The molecule has 0 aliphatic heterocycles. The van der Waals surface area contributed by atoms with Crippen LogP contribution in [0.3, 0.4) is 0 Å². The summed E-state index contributed by atoms with van der Waals surface area (Å²) in [4.78, 5) is 15.4. The van der Waals surface area contributed by atoms with Crippen LogP contribution in [-0.2, 0) is 0 Å². The fourth-order valence-corrected chi connectivity index (χ4v) is 1.02. The van der Waals surface area contributed by atoms with Crippen LogP contribution >= 0.6 is 0 Å². The lowest BCUT2D eigenvalue weighted by atomic mass is 10.1. The first kappa shape index (κ1) is 12.0.